The lowest BCUT2D eigenvalue weighted by Gasteiger charge is -2.36. The van der Waals surface area contributed by atoms with E-state index in [0.717, 1.165) is 45.0 Å². The average Bonchev–Trinajstić information content (AvgIpc) is 2.77. The first-order valence-electron chi connectivity index (χ1n) is 10.2. The molecule has 0 aromatic heterocycles. The van der Waals surface area contributed by atoms with Crippen LogP contribution in [0, 0.1) is 5.92 Å². The number of likely N-dealkylation sites (tertiary alicyclic amines) is 1. The molecule has 0 radical (unpaired) electrons. The van der Waals surface area contributed by atoms with Crippen LogP contribution in [-0.4, -0.2) is 81.3 Å². The minimum absolute atomic E-state index is 0.127. The zero-order valence-electron chi connectivity index (χ0n) is 16.8. The molecular formula is C21H32N4O3. The van der Waals surface area contributed by atoms with E-state index >= 15 is 0 Å². The summed E-state index contributed by atoms with van der Waals surface area (Å²) in [5.74, 6) is 1.31. The first kappa shape index (κ1) is 20.6. The molecule has 2 saturated heterocycles. The van der Waals surface area contributed by atoms with Gasteiger partial charge in [-0.3, -0.25) is 9.79 Å². The van der Waals surface area contributed by atoms with Crippen molar-refractivity contribution in [3.05, 3.63) is 35.9 Å². The maximum absolute atomic E-state index is 12.6. The van der Waals surface area contributed by atoms with E-state index in [2.05, 4.69) is 27.3 Å². The van der Waals surface area contributed by atoms with Gasteiger partial charge in [0, 0.05) is 45.7 Å². The van der Waals surface area contributed by atoms with Crippen molar-refractivity contribution in [2.45, 2.75) is 19.4 Å². The van der Waals surface area contributed by atoms with Gasteiger partial charge in [-0.1, -0.05) is 30.3 Å². The second kappa shape index (κ2) is 11.0. The van der Waals surface area contributed by atoms with E-state index in [0.29, 0.717) is 38.9 Å². The molecule has 2 heterocycles. The molecule has 0 aliphatic carbocycles. The molecule has 2 aliphatic heterocycles. The van der Waals surface area contributed by atoms with Crippen molar-refractivity contribution < 1.29 is 14.3 Å². The van der Waals surface area contributed by atoms with E-state index in [1.54, 1.807) is 7.05 Å². The maximum Gasteiger partial charge on any atom is 0.225 e. The van der Waals surface area contributed by atoms with E-state index in [9.17, 15) is 4.79 Å². The molecule has 0 atom stereocenters. The van der Waals surface area contributed by atoms with Crippen LogP contribution in [0.25, 0.3) is 0 Å². The smallest absolute Gasteiger partial charge is 0.225 e. The van der Waals surface area contributed by atoms with Crippen molar-refractivity contribution in [1.82, 2.24) is 15.1 Å². The average molecular weight is 389 g/mol. The van der Waals surface area contributed by atoms with Crippen LogP contribution < -0.4 is 5.32 Å². The topological polar surface area (TPSA) is 66.4 Å². The van der Waals surface area contributed by atoms with Crippen LogP contribution in [0.1, 0.15) is 18.4 Å². The van der Waals surface area contributed by atoms with E-state index in [-0.39, 0.29) is 5.92 Å². The van der Waals surface area contributed by atoms with Gasteiger partial charge in [0.25, 0.3) is 0 Å². The number of aliphatic imine (C=N–C) groups is 1. The zero-order valence-corrected chi connectivity index (χ0v) is 16.8. The van der Waals surface area contributed by atoms with Gasteiger partial charge >= 0.3 is 0 Å². The summed E-state index contributed by atoms with van der Waals surface area (Å²) in [7, 11) is 1.80. The third-order valence-corrected chi connectivity index (χ3v) is 5.32. The van der Waals surface area contributed by atoms with Crippen LogP contribution in [-0.2, 0) is 20.9 Å². The molecule has 0 bridgehead atoms. The van der Waals surface area contributed by atoms with Gasteiger partial charge in [0.05, 0.1) is 26.4 Å². The van der Waals surface area contributed by atoms with Crippen molar-refractivity contribution in [3.8, 4) is 0 Å². The molecule has 28 heavy (non-hydrogen) atoms. The molecule has 1 aromatic rings. The first-order valence-corrected chi connectivity index (χ1v) is 10.2. The summed E-state index contributed by atoms with van der Waals surface area (Å²) in [4.78, 5) is 21.2. The highest BCUT2D eigenvalue weighted by atomic mass is 16.5. The van der Waals surface area contributed by atoms with Crippen molar-refractivity contribution >= 4 is 11.9 Å². The van der Waals surface area contributed by atoms with Crippen LogP contribution >= 0.6 is 0 Å². The number of carbonyl (C=O) groups excluding carboxylic acids is 1. The lowest BCUT2D eigenvalue weighted by Crippen LogP contribution is -2.50. The highest BCUT2D eigenvalue weighted by Crippen LogP contribution is 2.20. The monoisotopic (exact) mass is 388 g/mol. The van der Waals surface area contributed by atoms with Gasteiger partial charge in [-0.2, -0.15) is 0 Å². The predicted octanol–water partition coefficient (Wildman–Crippen LogP) is 1.35. The summed E-state index contributed by atoms with van der Waals surface area (Å²) in [5.41, 5.74) is 1.18. The number of guanidine groups is 1. The molecule has 1 amide bonds. The summed E-state index contributed by atoms with van der Waals surface area (Å²) in [6, 6.07) is 10.2. The fourth-order valence-electron chi connectivity index (χ4n) is 3.71. The molecule has 2 aliphatic rings. The quantitative estimate of drug-likeness (QED) is 0.453. The van der Waals surface area contributed by atoms with Gasteiger partial charge < -0.3 is 24.6 Å². The van der Waals surface area contributed by atoms with Crippen molar-refractivity contribution in [2.24, 2.45) is 10.9 Å². The third kappa shape index (κ3) is 5.94. The van der Waals surface area contributed by atoms with E-state index in [4.69, 9.17) is 9.47 Å². The SMILES string of the molecule is CN=C(NCCOCc1ccccc1)N1CCC(C(=O)N2CCOCC2)CC1. The van der Waals surface area contributed by atoms with Gasteiger partial charge in [-0.15, -0.1) is 0 Å². The number of hydrogen-bond acceptors (Lipinski definition) is 4. The molecule has 1 aromatic carbocycles. The standard InChI is InChI=1S/C21H32N4O3/c1-22-21(23-9-14-28-17-18-5-3-2-4-6-18)25-10-7-19(8-11-25)20(26)24-12-15-27-16-13-24/h2-6,19H,7-17H2,1H3,(H,22,23). The van der Waals surface area contributed by atoms with Gasteiger partial charge in [0.1, 0.15) is 0 Å². The Morgan fingerprint density at radius 1 is 1.14 bits per heavy atom. The number of ether oxygens (including phenoxy) is 2. The summed E-state index contributed by atoms with van der Waals surface area (Å²) in [5, 5.41) is 3.37. The fourth-order valence-corrected chi connectivity index (χ4v) is 3.71. The van der Waals surface area contributed by atoms with Gasteiger partial charge in [0.15, 0.2) is 5.96 Å². The molecule has 7 heteroatoms. The zero-order chi connectivity index (χ0) is 19.6. The lowest BCUT2D eigenvalue weighted by atomic mass is 9.95. The van der Waals surface area contributed by atoms with Crippen LogP contribution in [0.4, 0.5) is 0 Å². The Labute approximate surface area is 167 Å². The summed E-state index contributed by atoms with van der Waals surface area (Å²) in [6.07, 6.45) is 1.75. The molecule has 154 valence electrons. The van der Waals surface area contributed by atoms with Crippen LogP contribution in [0.5, 0.6) is 0 Å². The second-order valence-electron chi connectivity index (χ2n) is 7.21. The highest BCUT2D eigenvalue weighted by Gasteiger charge is 2.30. The summed E-state index contributed by atoms with van der Waals surface area (Å²) < 4.78 is 11.1. The number of amides is 1. The third-order valence-electron chi connectivity index (χ3n) is 5.32. The molecule has 0 spiro atoms. The molecule has 0 saturated carbocycles. The molecule has 0 unspecified atom stereocenters. The number of benzene rings is 1. The van der Waals surface area contributed by atoms with Crippen molar-refractivity contribution in [3.63, 3.8) is 0 Å². The number of hydrogen-bond donors (Lipinski definition) is 1. The van der Waals surface area contributed by atoms with E-state index in [1.807, 2.05) is 23.1 Å². The molecule has 2 fully saturated rings. The second-order valence-corrected chi connectivity index (χ2v) is 7.21. The number of nitrogens with one attached hydrogen (secondary N) is 1. The summed E-state index contributed by atoms with van der Waals surface area (Å²) >= 11 is 0. The number of morpholine rings is 1. The van der Waals surface area contributed by atoms with Gasteiger partial charge in [0.2, 0.25) is 5.91 Å². The van der Waals surface area contributed by atoms with Crippen LogP contribution in [0.3, 0.4) is 0 Å². The Morgan fingerprint density at radius 3 is 2.54 bits per heavy atom. The molecule has 1 N–H and O–H groups in total. The van der Waals surface area contributed by atoms with Crippen LogP contribution in [0.15, 0.2) is 35.3 Å². The number of nitrogens with zero attached hydrogens (tertiary/aromatic N) is 3. The summed E-state index contributed by atoms with van der Waals surface area (Å²) in [6.45, 7) is 6.44. The fraction of sp³-hybridized carbons (Fsp3) is 0.619. The first-order chi connectivity index (χ1) is 13.8. The van der Waals surface area contributed by atoms with Crippen LogP contribution in [0.2, 0.25) is 0 Å². The van der Waals surface area contributed by atoms with E-state index < -0.39 is 0 Å². The number of carbonyl (C=O) groups is 1. The predicted molar refractivity (Wildman–Crippen MR) is 109 cm³/mol. The minimum atomic E-state index is 0.127. The van der Waals surface area contributed by atoms with Gasteiger partial charge in [-0.25, -0.2) is 0 Å². The Bertz CT molecular complexity index is 624. The molecule has 3 rings (SSSR count). The normalized spacial score (nSPS) is 19.0. The minimum Gasteiger partial charge on any atom is -0.378 e. The Hall–Kier alpha value is -2.12. The Morgan fingerprint density at radius 2 is 1.86 bits per heavy atom. The number of piperidine rings is 1. The number of rotatable bonds is 6. The largest absolute Gasteiger partial charge is 0.378 e. The van der Waals surface area contributed by atoms with Gasteiger partial charge in [-0.05, 0) is 18.4 Å². The maximum atomic E-state index is 12.6. The molecule has 7 nitrogen and oxygen atoms in total. The van der Waals surface area contributed by atoms with Crippen molar-refractivity contribution in [1.29, 1.82) is 0 Å². The van der Waals surface area contributed by atoms with E-state index in [1.165, 1.54) is 5.56 Å². The van der Waals surface area contributed by atoms with Crippen molar-refractivity contribution in [2.75, 3.05) is 59.6 Å². The Kier molecular flexibility index (Phi) is 8.11. The Balaban J connectivity index is 1.34. The molecular weight excluding hydrogens is 356 g/mol. The lowest BCUT2D eigenvalue weighted by molar-refractivity contribution is -0.140. The highest BCUT2D eigenvalue weighted by molar-refractivity contribution is 5.81.